The second-order valence-electron chi connectivity index (χ2n) is 7.75. The van der Waals surface area contributed by atoms with E-state index < -0.39 is 18.8 Å². The van der Waals surface area contributed by atoms with Crippen LogP contribution in [0.1, 0.15) is 31.4 Å². The maximum Gasteiger partial charge on any atom is 0.361 e. The van der Waals surface area contributed by atoms with Crippen molar-refractivity contribution in [1.29, 1.82) is 0 Å². The molecule has 0 aromatic carbocycles. The number of H-pyrrole nitrogens is 1. The summed E-state index contributed by atoms with van der Waals surface area (Å²) in [6, 6.07) is 1.75. The van der Waals surface area contributed by atoms with Gasteiger partial charge >= 0.3 is 7.60 Å². The molecule has 31 heavy (non-hydrogen) atoms. The van der Waals surface area contributed by atoms with Gasteiger partial charge in [0, 0.05) is 37.6 Å². The molecule has 1 aliphatic carbocycles. The van der Waals surface area contributed by atoms with Crippen LogP contribution in [0, 0.1) is 11.7 Å². The van der Waals surface area contributed by atoms with E-state index in [1.165, 1.54) is 20.4 Å². The predicted molar refractivity (Wildman–Crippen MR) is 114 cm³/mol. The lowest BCUT2D eigenvalue weighted by Gasteiger charge is -2.39. The van der Waals surface area contributed by atoms with Crippen molar-refractivity contribution >= 4 is 30.2 Å². The first-order valence-electron chi connectivity index (χ1n) is 9.87. The van der Waals surface area contributed by atoms with Crippen LogP contribution < -0.4 is 0 Å². The second kappa shape index (κ2) is 8.56. The van der Waals surface area contributed by atoms with E-state index in [2.05, 4.69) is 19.9 Å². The molecule has 1 saturated carbocycles. The summed E-state index contributed by atoms with van der Waals surface area (Å²) in [5.74, 6) is -0.332. The van der Waals surface area contributed by atoms with Crippen molar-refractivity contribution in [2.75, 3.05) is 14.2 Å². The fraction of sp³-hybridized carbons (Fsp3) is 0.450. The summed E-state index contributed by atoms with van der Waals surface area (Å²) in [6.45, 7) is 0. The van der Waals surface area contributed by atoms with Gasteiger partial charge in [-0.25, -0.2) is 19.3 Å². The lowest BCUT2D eigenvalue weighted by molar-refractivity contribution is 0.0256. The summed E-state index contributed by atoms with van der Waals surface area (Å²) in [7, 11) is -1.19. The number of hydrogen-bond donors (Lipinski definition) is 2. The molecular formula is C20H23ClFN4O4P. The average Bonchev–Trinajstić information content (AvgIpc) is 3.17. The van der Waals surface area contributed by atoms with Crippen LogP contribution >= 0.6 is 19.2 Å². The minimum Gasteiger partial charge on any atom is -0.377 e. The van der Waals surface area contributed by atoms with E-state index in [0.29, 0.717) is 34.9 Å². The zero-order valence-corrected chi connectivity index (χ0v) is 18.8. The average molecular weight is 469 g/mol. The summed E-state index contributed by atoms with van der Waals surface area (Å²) in [4.78, 5) is 15.8. The Hall–Kier alpha value is -1.90. The first-order valence-corrected chi connectivity index (χ1v) is 11.8. The van der Waals surface area contributed by atoms with Gasteiger partial charge in [-0.15, -0.1) is 0 Å². The van der Waals surface area contributed by atoms with E-state index in [1.807, 2.05) is 0 Å². The number of aliphatic hydroxyl groups is 1. The molecule has 11 heteroatoms. The molecule has 3 heterocycles. The number of hydrogen-bond acceptors (Lipinski definition) is 7. The van der Waals surface area contributed by atoms with Crippen LogP contribution in [0.4, 0.5) is 4.39 Å². The number of aromatic amines is 1. The third-order valence-corrected chi connectivity index (χ3v) is 8.43. The zero-order chi connectivity index (χ0) is 22.2. The van der Waals surface area contributed by atoms with Crippen LogP contribution in [0.3, 0.4) is 0 Å². The Kier molecular flexibility index (Phi) is 6.16. The Balaban J connectivity index is 1.62. The number of nitrogens with zero attached hydrogens (tertiary/aromatic N) is 3. The molecule has 2 atom stereocenters. The van der Waals surface area contributed by atoms with Crippen molar-refractivity contribution in [3.05, 3.63) is 41.2 Å². The van der Waals surface area contributed by atoms with Gasteiger partial charge in [0.1, 0.15) is 5.65 Å². The van der Waals surface area contributed by atoms with Gasteiger partial charge in [-0.2, -0.15) is 0 Å². The van der Waals surface area contributed by atoms with Crippen LogP contribution in [0.25, 0.3) is 22.4 Å². The fourth-order valence-corrected chi connectivity index (χ4v) is 6.19. The van der Waals surface area contributed by atoms with Gasteiger partial charge in [-0.1, -0.05) is 11.6 Å². The smallest absolute Gasteiger partial charge is 0.361 e. The van der Waals surface area contributed by atoms with Gasteiger partial charge in [-0.3, -0.25) is 4.57 Å². The number of fused-ring (bicyclic) bond motifs is 1. The van der Waals surface area contributed by atoms with Gasteiger partial charge in [0.25, 0.3) is 0 Å². The summed E-state index contributed by atoms with van der Waals surface area (Å²) < 4.78 is 37.5. The molecule has 0 aliphatic heterocycles. The Morgan fingerprint density at radius 3 is 2.87 bits per heavy atom. The van der Waals surface area contributed by atoms with Crippen LogP contribution in [0.5, 0.6) is 0 Å². The highest BCUT2D eigenvalue weighted by molar-refractivity contribution is 7.55. The highest BCUT2D eigenvalue weighted by Gasteiger charge is 2.51. The molecular weight excluding hydrogens is 446 g/mol. The van der Waals surface area contributed by atoms with E-state index in [0.717, 1.165) is 18.0 Å². The molecule has 1 fully saturated rings. The van der Waals surface area contributed by atoms with E-state index in [9.17, 15) is 14.1 Å². The largest absolute Gasteiger partial charge is 0.377 e. The van der Waals surface area contributed by atoms with Crippen LogP contribution in [-0.2, 0) is 20.0 Å². The van der Waals surface area contributed by atoms with E-state index in [1.54, 1.807) is 12.3 Å². The molecule has 3 aromatic rings. The normalized spacial score (nSPS) is 22.2. The van der Waals surface area contributed by atoms with Gasteiger partial charge in [0.15, 0.2) is 17.0 Å². The van der Waals surface area contributed by atoms with Crippen molar-refractivity contribution in [2.24, 2.45) is 5.92 Å². The van der Waals surface area contributed by atoms with Crippen LogP contribution in [-0.4, -0.2) is 44.6 Å². The fourth-order valence-electron chi connectivity index (χ4n) is 4.29. The van der Waals surface area contributed by atoms with Crippen molar-refractivity contribution < 1.29 is 23.1 Å². The van der Waals surface area contributed by atoms with Crippen LogP contribution in [0.15, 0.2) is 24.7 Å². The van der Waals surface area contributed by atoms with E-state index >= 15 is 0 Å². The number of nitrogens with one attached hydrogen (secondary N) is 1. The lowest BCUT2D eigenvalue weighted by Crippen LogP contribution is -2.37. The molecule has 0 amide bonds. The summed E-state index contributed by atoms with van der Waals surface area (Å²) in [6.07, 6.45) is 6.45. The van der Waals surface area contributed by atoms with Gasteiger partial charge in [0.2, 0.25) is 0 Å². The Labute approximate surface area is 183 Å². The molecule has 0 bridgehead atoms. The quantitative estimate of drug-likeness (QED) is 0.503. The molecule has 2 N–H and O–H groups in total. The van der Waals surface area contributed by atoms with E-state index in [4.69, 9.17) is 20.6 Å². The molecule has 0 spiro atoms. The molecule has 4 rings (SSSR count). The molecule has 0 unspecified atom stereocenters. The molecule has 166 valence electrons. The number of halogens is 2. The highest BCUT2D eigenvalue weighted by atomic mass is 35.5. The summed E-state index contributed by atoms with van der Waals surface area (Å²) in [5, 5.41) is 10.6. The summed E-state index contributed by atoms with van der Waals surface area (Å²) >= 11 is 6.06. The number of aromatic nitrogens is 4. The Morgan fingerprint density at radius 1 is 1.35 bits per heavy atom. The minimum absolute atomic E-state index is 0.145. The monoisotopic (exact) mass is 468 g/mol. The first-order chi connectivity index (χ1) is 14.8. The predicted octanol–water partition coefficient (Wildman–Crippen LogP) is 4.72. The SMILES string of the molecule is COP(=O)(OC)[C@]1(O)CCC[C@H](Cc2nc(-c3c[nH]c4ncc(Cl)cc34)ncc2F)C1. The van der Waals surface area contributed by atoms with Gasteiger partial charge in [-0.05, 0) is 44.1 Å². The second-order valence-corrected chi connectivity index (χ2v) is 10.7. The highest BCUT2D eigenvalue weighted by Crippen LogP contribution is 2.63. The minimum atomic E-state index is -3.70. The number of pyridine rings is 1. The standard InChI is InChI=1S/C20H23ClFN4O4P/c1-29-31(28,30-2)20(27)5-3-4-12(8-20)6-17-16(22)11-25-19(26-17)15-10-24-18-14(15)7-13(21)9-23-18/h7,9-12,27H,3-6,8H2,1-2H3,(H,23,24)/t12-,20-/m1/s1. The van der Waals surface area contributed by atoms with Crippen molar-refractivity contribution in [1.82, 2.24) is 19.9 Å². The molecule has 0 saturated heterocycles. The lowest BCUT2D eigenvalue weighted by atomic mass is 9.84. The molecule has 8 nitrogen and oxygen atoms in total. The summed E-state index contributed by atoms with van der Waals surface area (Å²) in [5.41, 5.74) is 1.52. The zero-order valence-electron chi connectivity index (χ0n) is 17.1. The third-order valence-electron chi connectivity index (χ3n) is 5.83. The van der Waals surface area contributed by atoms with E-state index in [-0.39, 0.29) is 24.5 Å². The maximum atomic E-state index is 14.6. The molecule has 0 radical (unpaired) electrons. The molecule has 1 aliphatic rings. The molecule has 3 aromatic heterocycles. The Bertz CT molecular complexity index is 1150. The van der Waals surface area contributed by atoms with Gasteiger partial charge < -0.3 is 19.1 Å². The Morgan fingerprint density at radius 2 is 2.13 bits per heavy atom. The van der Waals surface area contributed by atoms with Crippen molar-refractivity contribution in [2.45, 2.75) is 37.4 Å². The first kappa shape index (κ1) is 22.3. The number of rotatable bonds is 6. The van der Waals surface area contributed by atoms with Gasteiger partial charge in [0.05, 0.1) is 16.9 Å². The topological polar surface area (TPSA) is 110 Å². The van der Waals surface area contributed by atoms with Crippen molar-refractivity contribution in [3.63, 3.8) is 0 Å². The third kappa shape index (κ3) is 4.13. The van der Waals surface area contributed by atoms with Crippen molar-refractivity contribution in [3.8, 4) is 11.4 Å². The van der Waals surface area contributed by atoms with Crippen LogP contribution in [0.2, 0.25) is 5.02 Å². The maximum absolute atomic E-state index is 14.6.